The van der Waals surface area contributed by atoms with Crippen LogP contribution in [-0.2, 0) is 4.79 Å². The number of para-hydroxylation sites is 1. The lowest BCUT2D eigenvalue weighted by molar-refractivity contribution is -0.110. The van der Waals surface area contributed by atoms with Crippen LogP contribution in [0.2, 0.25) is 0 Å². The van der Waals surface area contributed by atoms with Crippen molar-refractivity contribution < 1.29 is 9.53 Å². The van der Waals surface area contributed by atoms with Crippen LogP contribution >= 0.6 is 15.9 Å². The Morgan fingerprint density at radius 3 is 2.62 bits per heavy atom. The van der Waals surface area contributed by atoms with E-state index in [9.17, 15) is 4.79 Å². The average molecular weight is 243 g/mol. The Morgan fingerprint density at radius 2 is 2.00 bits per heavy atom. The summed E-state index contributed by atoms with van der Waals surface area (Å²) in [7, 11) is 0. The molecule has 0 bridgehead atoms. The average Bonchev–Trinajstić information content (AvgIpc) is 2.14. The Balaban J connectivity index is 2.17. The van der Waals surface area contributed by atoms with Gasteiger partial charge in [0.05, 0.1) is 6.61 Å². The molecule has 0 aliphatic heterocycles. The van der Waals surface area contributed by atoms with Gasteiger partial charge >= 0.3 is 0 Å². The van der Waals surface area contributed by atoms with Gasteiger partial charge in [0, 0.05) is 6.42 Å². The third kappa shape index (κ3) is 4.68. The SMILES string of the molecule is O=C(Br)CCCOc1ccccc1. The Morgan fingerprint density at radius 1 is 1.31 bits per heavy atom. The van der Waals surface area contributed by atoms with Crippen LogP contribution in [0.25, 0.3) is 0 Å². The van der Waals surface area contributed by atoms with E-state index >= 15 is 0 Å². The molecular weight excluding hydrogens is 232 g/mol. The van der Waals surface area contributed by atoms with E-state index in [1.54, 1.807) is 0 Å². The van der Waals surface area contributed by atoms with Crippen molar-refractivity contribution in [3.63, 3.8) is 0 Å². The number of hydrogen-bond donors (Lipinski definition) is 0. The monoisotopic (exact) mass is 242 g/mol. The van der Waals surface area contributed by atoms with Gasteiger partial charge < -0.3 is 4.74 Å². The lowest BCUT2D eigenvalue weighted by Gasteiger charge is -2.03. The van der Waals surface area contributed by atoms with Crippen molar-refractivity contribution in [1.82, 2.24) is 0 Å². The summed E-state index contributed by atoms with van der Waals surface area (Å²) < 4.78 is 5.41. The fourth-order valence-electron chi connectivity index (χ4n) is 0.918. The van der Waals surface area contributed by atoms with E-state index in [0.717, 1.165) is 12.2 Å². The summed E-state index contributed by atoms with van der Waals surface area (Å²) in [5.74, 6) is 0.851. The second kappa shape index (κ2) is 5.75. The molecule has 0 aliphatic rings. The second-order valence-corrected chi connectivity index (χ2v) is 3.50. The summed E-state index contributed by atoms with van der Waals surface area (Å²) in [6, 6.07) is 9.58. The first-order chi connectivity index (χ1) is 6.29. The van der Waals surface area contributed by atoms with E-state index in [-0.39, 0.29) is 4.69 Å². The molecule has 0 saturated heterocycles. The molecule has 13 heavy (non-hydrogen) atoms. The summed E-state index contributed by atoms with van der Waals surface area (Å²) in [5, 5.41) is 0. The predicted molar refractivity (Wildman–Crippen MR) is 55.1 cm³/mol. The van der Waals surface area contributed by atoms with Gasteiger partial charge in [-0.05, 0) is 34.5 Å². The van der Waals surface area contributed by atoms with Crippen LogP contribution in [0.4, 0.5) is 0 Å². The highest BCUT2D eigenvalue weighted by molar-refractivity contribution is 9.18. The number of halogens is 1. The van der Waals surface area contributed by atoms with Crippen LogP contribution in [0.5, 0.6) is 5.75 Å². The van der Waals surface area contributed by atoms with E-state index in [2.05, 4.69) is 15.9 Å². The molecule has 0 aliphatic carbocycles. The highest BCUT2D eigenvalue weighted by atomic mass is 79.9. The van der Waals surface area contributed by atoms with Crippen LogP contribution in [-0.4, -0.2) is 11.3 Å². The minimum atomic E-state index is 0.0316. The molecule has 0 radical (unpaired) electrons. The molecule has 3 heteroatoms. The van der Waals surface area contributed by atoms with E-state index in [4.69, 9.17) is 4.74 Å². The molecule has 70 valence electrons. The molecule has 0 amide bonds. The minimum absolute atomic E-state index is 0.0316. The van der Waals surface area contributed by atoms with Crippen LogP contribution in [0.1, 0.15) is 12.8 Å². The van der Waals surface area contributed by atoms with Crippen molar-refractivity contribution in [2.45, 2.75) is 12.8 Å². The third-order valence-corrected chi connectivity index (χ3v) is 1.93. The zero-order valence-electron chi connectivity index (χ0n) is 7.20. The third-order valence-electron chi connectivity index (χ3n) is 1.53. The summed E-state index contributed by atoms with van der Waals surface area (Å²) in [5.41, 5.74) is 0. The molecule has 0 saturated carbocycles. The molecule has 0 aromatic heterocycles. The maximum atomic E-state index is 10.5. The van der Waals surface area contributed by atoms with E-state index in [0.29, 0.717) is 13.0 Å². The molecule has 1 aromatic carbocycles. The second-order valence-electron chi connectivity index (χ2n) is 2.62. The summed E-state index contributed by atoms with van der Waals surface area (Å²) in [4.78, 5) is 10.5. The number of benzene rings is 1. The van der Waals surface area contributed by atoms with Crippen molar-refractivity contribution >= 4 is 20.6 Å². The summed E-state index contributed by atoms with van der Waals surface area (Å²) in [6.07, 6.45) is 1.27. The number of ether oxygens (including phenoxy) is 1. The van der Waals surface area contributed by atoms with Crippen LogP contribution in [0.3, 0.4) is 0 Å². The van der Waals surface area contributed by atoms with Gasteiger partial charge in [-0.25, -0.2) is 0 Å². The van der Waals surface area contributed by atoms with E-state index < -0.39 is 0 Å². The first-order valence-electron chi connectivity index (χ1n) is 4.15. The van der Waals surface area contributed by atoms with Crippen LogP contribution < -0.4 is 4.74 Å². The van der Waals surface area contributed by atoms with Crippen molar-refractivity contribution in [2.24, 2.45) is 0 Å². The van der Waals surface area contributed by atoms with Crippen LogP contribution in [0.15, 0.2) is 30.3 Å². The molecule has 0 N–H and O–H groups in total. The standard InChI is InChI=1S/C10H11BrO2/c11-10(12)7-4-8-13-9-5-2-1-3-6-9/h1-3,5-6H,4,7-8H2. The van der Waals surface area contributed by atoms with Gasteiger partial charge in [-0.3, -0.25) is 4.79 Å². The maximum Gasteiger partial charge on any atom is 0.197 e. The van der Waals surface area contributed by atoms with Gasteiger partial charge in [0.1, 0.15) is 5.75 Å². The van der Waals surface area contributed by atoms with Gasteiger partial charge in [-0.2, -0.15) is 0 Å². The maximum absolute atomic E-state index is 10.5. The Labute approximate surface area is 86.0 Å². The predicted octanol–water partition coefficient (Wildman–Crippen LogP) is 2.77. The lowest BCUT2D eigenvalue weighted by Crippen LogP contribution is -1.98. The molecule has 0 spiro atoms. The van der Waals surface area contributed by atoms with Gasteiger partial charge in [0.2, 0.25) is 0 Å². The number of carbonyl (C=O) groups excluding carboxylic acids is 1. The highest BCUT2D eigenvalue weighted by Gasteiger charge is 1.95. The first kappa shape index (κ1) is 10.3. The van der Waals surface area contributed by atoms with Gasteiger partial charge in [-0.1, -0.05) is 18.2 Å². The van der Waals surface area contributed by atoms with Crippen molar-refractivity contribution in [2.75, 3.05) is 6.61 Å². The van der Waals surface area contributed by atoms with E-state index in [1.165, 1.54) is 0 Å². The van der Waals surface area contributed by atoms with Crippen LogP contribution in [0, 0.1) is 0 Å². The van der Waals surface area contributed by atoms with Crippen molar-refractivity contribution in [1.29, 1.82) is 0 Å². The number of hydrogen-bond acceptors (Lipinski definition) is 2. The molecule has 0 heterocycles. The Hall–Kier alpha value is -0.830. The van der Waals surface area contributed by atoms with Gasteiger partial charge in [-0.15, -0.1) is 0 Å². The highest BCUT2D eigenvalue weighted by Crippen LogP contribution is 2.09. The van der Waals surface area contributed by atoms with Crippen molar-refractivity contribution in [3.8, 4) is 5.75 Å². The van der Waals surface area contributed by atoms with Gasteiger partial charge in [0.15, 0.2) is 4.69 Å². The largest absolute Gasteiger partial charge is 0.494 e. The van der Waals surface area contributed by atoms with Gasteiger partial charge in [0.25, 0.3) is 0 Å². The molecule has 1 rings (SSSR count). The van der Waals surface area contributed by atoms with E-state index in [1.807, 2.05) is 30.3 Å². The number of rotatable bonds is 5. The molecule has 2 nitrogen and oxygen atoms in total. The lowest BCUT2D eigenvalue weighted by atomic mass is 10.3. The normalized spacial score (nSPS) is 9.62. The summed E-state index contributed by atoms with van der Waals surface area (Å²) in [6.45, 7) is 0.585. The molecular formula is C10H11BrO2. The zero-order valence-corrected chi connectivity index (χ0v) is 8.79. The van der Waals surface area contributed by atoms with Crippen molar-refractivity contribution in [3.05, 3.63) is 30.3 Å². The quantitative estimate of drug-likeness (QED) is 0.587. The molecule has 0 unspecified atom stereocenters. The minimum Gasteiger partial charge on any atom is -0.494 e. The summed E-state index contributed by atoms with van der Waals surface area (Å²) >= 11 is 2.87. The fraction of sp³-hybridized carbons (Fsp3) is 0.300. The zero-order chi connectivity index (χ0) is 9.52. The molecule has 0 atom stereocenters. The molecule has 1 aromatic rings. The molecule has 0 fully saturated rings. The first-order valence-corrected chi connectivity index (χ1v) is 4.94. The number of carbonyl (C=O) groups is 1. The smallest absolute Gasteiger partial charge is 0.197 e. The fourth-order valence-corrected chi connectivity index (χ4v) is 1.20. The Kier molecular flexibility index (Phi) is 4.54. The topological polar surface area (TPSA) is 26.3 Å². The Bertz CT molecular complexity index is 259.